The van der Waals surface area contributed by atoms with Crippen LogP contribution in [-0.4, -0.2) is 23.8 Å². The first-order valence-corrected chi connectivity index (χ1v) is 6.06. The van der Waals surface area contributed by atoms with Gasteiger partial charge in [0.25, 0.3) is 0 Å². The summed E-state index contributed by atoms with van der Waals surface area (Å²) in [6.07, 6.45) is 2.38. The second-order valence-corrected chi connectivity index (χ2v) is 4.74. The largest absolute Gasteiger partial charge is 0.298 e. The lowest BCUT2D eigenvalue weighted by Crippen LogP contribution is -2.30. The normalized spacial score (nSPS) is 18.6. The molecule has 86 valence electrons. The number of carbonyl (C=O) groups is 1. The van der Waals surface area contributed by atoms with E-state index in [2.05, 4.69) is 4.90 Å². The highest BCUT2D eigenvalue weighted by Gasteiger charge is 2.26. The highest BCUT2D eigenvalue weighted by Crippen LogP contribution is 2.26. The summed E-state index contributed by atoms with van der Waals surface area (Å²) in [5.74, 6) is 0.212. The van der Waals surface area contributed by atoms with Gasteiger partial charge in [0, 0.05) is 5.02 Å². The number of halogens is 1. The first-order chi connectivity index (χ1) is 7.68. The smallest absolute Gasteiger partial charge is 0.151 e. The zero-order valence-corrected chi connectivity index (χ0v) is 10.2. The van der Waals surface area contributed by atoms with E-state index < -0.39 is 0 Å². The van der Waals surface area contributed by atoms with E-state index in [-0.39, 0.29) is 11.8 Å². The van der Waals surface area contributed by atoms with Gasteiger partial charge in [-0.05, 0) is 50.6 Å². The van der Waals surface area contributed by atoms with E-state index in [1.807, 2.05) is 24.3 Å². The molecule has 0 aromatic heterocycles. The van der Waals surface area contributed by atoms with Crippen LogP contribution < -0.4 is 0 Å². The van der Waals surface area contributed by atoms with Crippen LogP contribution in [0.1, 0.15) is 31.4 Å². The Hall–Kier alpha value is -0.860. The minimum atomic E-state index is -0.0835. The number of likely N-dealkylation sites (tertiary alicyclic amines) is 1. The van der Waals surface area contributed by atoms with Crippen molar-refractivity contribution >= 4 is 17.4 Å². The van der Waals surface area contributed by atoms with Crippen LogP contribution in [0.5, 0.6) is 0 Å². The van der Waals surface area contributed by atoms with Crippen LogP contribution in [0.25, 0.3) is 0 Å². The maximum atomic E-state index is 11.7. The Kier molecular flexibility index (Phi) is 3.62. The molecule has 1 atom stereocenters. The van der Waals surface area contributed by atoms with Gasteiger partial charge in [-0.15, -0.1) is 0 Å². The summed E-state index contributed by atoms with van der Waals surface area (Å²) in [6, 6.07) is 7.52. The average Bonchev–Trinajstić information content (AvgIpc) is 2.74. The van der Waals surface area contributed by atoms with Gasteiger partial charge >= 0.3 is 0 Å². The molecule has 0 spiro atoms. The summed E-state index contributed by atoms with van der Waals surface area (Å²) >= 11 is 5.86. The molecule has 0 N–H and O–H groups in total. The van der Waals surface area contributed by atoms with Crippen molar-refractivity contribution in [2.24, 2.45) is 0 Å². The maximum Gasteiger partial charge on any atom is 0.151 e. The first kappa shape index (κ1) is 11.6. The Bertz CT molecular complexity index is 368. The predicted octanol–water partition coefficient (Wildman–Crippen LogP) is 3.07. The van der Waals surface area contributed by atoms with Gasteiger partial charge in [0.2, 0.25) is 0 Å². The third kappa shape index (κ3) is 2.45. The van der Waals surface area contributed by atoms with Crippen LogP contribution >= 0.6 is 11.6 Å². The van der Waals surface area contributed by atoms with Crippen LogP contribution in [0.4, 0.5) is 0 Å². The number of ketones is 1. The fraction of sp³-hybridized carbons (Fsp3) is 0.462. The summed E-state index contributed by atoms with van der Waals surface area (Å²) < 4.78 is 0. The molecular weight excluding hydrogens is 222 g/mol. The number of hydrogen-bond donors (Lipinski definition) is 0. The number of rotatable bonds is 3. The Morgan fingerprint density at radius 3 is 2.31 bits per heavy atom. The fourth-order valence-corrected chi connectivity index (χ4v) is 2.47. The van der Waals surface area contributed by atoms with Gasteiger partial charge in [0.05, 0.1) is 6.04 Å². The summed E-state index contributed by atoms with van der Waals surface area (Å²) in [5, 5.41) is 0.715. The Balaban J connectivity index is 2.24. The van der Waals surface area contributed by atoms with Crippen molar-refractivity contribution in [3.8, 4) is 0 Å². The van der Waals surface area contributed by atoms with E-state index in [0.29, 0.717) is 5.02 Å². The Morgan fingerprint density at radius 1 is 1.25 bits per heavy atom. The number of Topliss-reactive ketones (excluding diaryl/α,β-unsaturated/α-hetero) is 1. The van der Waals surface area contributed by atoms with Crippen LogP contribution in [0.3, 0.4) is 0 Å². The van der Waals surface area contributed by atoms with E-state index in [1.165, 1.54) is 12.8 Å². The third-order valence-corrected chi connectivity index (χ3v) is 3.33. The number of nitrogens with zero attached hydrogens (tertiary/aromatic N) is 1. The molecule has 0 radical (unpaired) electrons. The van der Waals surface area contributed by atoms with E-state index in [9.17, 15) is 4.79 Å². The van der Waals surface area contributed by atoms with Crippen molar-refractivity contribution in [2.75, 3.05) is 13.1 Å². The summed E-state index contributed by atoms with van der Waals surface area (Å²) in [6.45, 7) is 3.71. The van der Waals surface area contributed by atoms with Gasteiger partial charge in [-0.1, -0.05) is 23.7 Å². The molecule has 1 heterocycles. The van der Waals surface area contributed by atoms with Gasteiger partial charge in [-0.25, -0.2) is 0 Å². The van der Waals surface area contributed by atoms with Crippen LogP contribution in [0.2, 0.25) is 5.02 Å². The van der Waals surface area contributed by atoms with Gasteiger partial charge in [-0.2, -0.15) is 0 Å². The van der Waals surface area contributed by atoms with Crippen molar-refractivity contribution in [1.82, 2.24) is 4.90 Å². The number of carbonyl (C=O) groups excluding carboxylic acids is 1. The number of benzene rings is 1. The zero-order chi connectivity index (χ0) is 11.5. The van der Waals surface area contributed by atoms with E-state index >= 15 is 0 Å². The molecule has 2 nitrogen and oxygen atoms in total. The standard InChI is InChI=1S/C13H16ClNO/c1-10(16)13(15-8-2-3-9-15)11-4-6-12(14)7-5-11/h4-7,13H,2-3,8-9H2,1H3. The van der Waals surface area contributed by atoms with Crippen molar-refractivity contribution in [3.63, 3.8) is 0 Å². The molecule has 1 aromatic carbocycles. The summed E-state index contributed by atoms with van der Waals surface area (Å²) in [7, 11) is 0. The lowest BCUT2D eigenvalue weighted by atomic mass is 10.0. The van der Waals surface area contributed by atoms with Crippen molar-refractivity contribution in [2.45, 2.75) is 25.8 Å². The molecule has 1 aliphatic heterocycles. The lowest BCUT2D eigenvalue weighted by Gasteiger charge is -2.25. The number of hydrogen-bond acceptors (Lipinski definition) is 2. The van der Waals surface area contributed by atoms with E-state index in [4.69, 9.17) is 11.6 Å². The van der Waals surface area contributed by atoms with Crippen LogP contribution in [-0.2, 0) is 4.79 Å². The summed E-state index contributed by atoms with van der Waals surface area (Å²) in [4.78, 5) is 14.0. The van der Waals surface area contributed by atoms with Gasteiger partial charge in [-0.3, -0.25) is 9.69 Å². The Labute approximate surface area is 101 Å². The molecule has 0 saturated carbocycles. The zero-order valence-electron chi connectivity index (χ0n) is 9.45. The van der Waals surface area contributed by atoms with E-state index in [0.717, 1.165) is 18.7 Å². The second kappa shape index (κ2) is 4.98. The fourth-order valence-electron chi connectivity index (χ4n) is 2.35. The molecule has 16 heavy (non-hydrogen) atoms. The van der Waals surface area contributed by atoms with Crippen molar-refractivity contribution in [3.05, 3.63) is 34.9 Å². The van der Waals surface area contributed by atoms with Crippen molar-refractivity contribution in [1.29, 1.82) is 0 Å². The third-order valence-electron chi connectivity index (χ3n) is 3.08. The molecule has 0 bridgehead atoms. The van der Waals surface area contributed by atoms with Crippen LogP contribution in [0, 0.1) is 0 Å². The quantitative estimate of drug-likeness (QED) is 0.805. The van der Waals surface area contributed by atoms with E-state index in [1.54, 1.807) is 6.92 Å². The molecule has 1 aromatic rings. The van der Waals surface area contributed by atoms with Crippen molar-refractivity contribution < 1.29 is 4.79 Å². The second-order valence-electron chi connectivity index (χ2n) is 4.31. The predicted molar refractivity (Wildman–Crippen MR) is 65.7 cm³/mol. The average molecular weight is 238 g/mol. The summed E-state index contributed by atoms with van der Waals surface area (Å²) in [5.41, 5.74) is 1.05. The molecule has 1 fully saturated rings. The minimum Gasteiger partial charge on any atom is -0.298 e. The molecule has 1 unspecified atom stereocenters. The van der Waals surface area contributed by atoms with Gasteiger partial charge in [0.1, 0.15) is 0 Å². The maximum absolute atomic E-state index is 11.7. The van der Waals surface area contributed by atoms with Crippen LogP contribution in [0.15, 0.2) is 24.3 Å². The molecule has 1 saturated heterocycles. The first-order valence-electron chi connectivity index (χ1n) is 5.68. The molecule has 1 aliphatic rings. The Morgan fingerprint density at radius 2 is 1.81 bits per heavy atom. The molecule has 3 heteroatoms. The highest BCUT2D eigenvalue weighted by atomic mass is 35.5. The highest BCUT2D eigenvalue weighted by molar-refractivity contribution is 6.30. The van der Waals surface area contributed by atoms with Gasteiger partial charge in [0.15, 0.2) is 5.78 Å². The molecule has 0 aliphatic carbocycles. The molecule has 0 amide bonds. The minimum absolute atomic E-state index is 0.0835. The lowest BCUT2D eigenvalue weighted by molar-refractivity contribution is -0.122. The molecular formula is C13H16ClNO. The monoisotopic (exact) mass is 237 g/mol. The topological polar surface area (TPSA) is 20.3 Å². The van der Waals surface area contributed by atoms with Gasteiger partial charge < -0.3 is 0 Å². The SMILES string of the molecule is CC(=O)C(c1ccc(Cl)cc1)N1CCCC1. The molecule has 2 rings (SSSR count).